The van der Waals surface area contributed by atoms with Crippen LogP contribution in [0.25, 0.3) is 0 Å². The minimum absolute atomic E-state index is 0.0904. The van der Waals surface area contributed by atoms with Gasteiger partial charge in [0.15, 0.2) is 0 Å². The average Bonchev–Trinajstić information content (AvgIpc) is 2.95. The highest BCUT2D eigenvalue weighted by molar-refractivity contribution is 5.97. The van der Waals surface area contributed by atoms with Crippen molar-refractivity contribution in [2.24, 2.45) is 0 Å². The van der Waals surface area contributed by atoms with E-state index >= 15 is 0 Å². The van der Waals surface area contributed by atoms with E-state index < -0.39 is 18.2 Å². The molecular formula is C16H21N3O3. The molecule has 6 nitrogen and oxygen atoms in total. The van der Waals surface area contributed by atoms with Crippen LogP contribution in [-0.2, 0) is 16.1 Å². The number of carbonyl (C=O) groups excluding carboxylic acids is 2. The second-order valence-electron chi connectivity index (χ2n) is 6.03. The van der Waals surface area contributed by atoms with Crippen molar-refractivity contribution in [1.29, 1.82) is 0 Å². The minimum atomic E-state index is -0.881. The average molecular weight is 303 g/mol. The van der Waals surface area contributed by atoms with E-state index in [1.54, 1.807) is 4.90 Å². The Bertz CT molecular complexity index is 561. The first-order chi connectivity index (χ1) is 10.6. The van der Waals surface area contributed by atoms with E-state index in [2.05, 4.69) is 10.6 Å². The van der Waals surface area contributed by atoms with Crippen molar-refractivity contribution >= 4 is 11.8 Å². The van der Waals surface area contributed by atoms with Gasteiger partial charge in [0.05, 0.1) is 6.10 Å². The fourth-order valence-corrected chi connectivity index (χ4v) is 3.15. The van der Waals surface area contributed by atoms with Gasteiger partial charge in [0, 0.05) is 19.1 Å². The second kappa shape index (κ2) is 6.06. The van der Waals surface area contributed by atoms with Gasteiger partial charge in [0.25, 0.3) is 0 Å². The first-order valence-corrected chi connectivity index (χ1v) is 7.62. The van der Waals surface area contributed by atoms with Crippen LogP contribution in [0.15, 0.2) is 30.3 Å². The molecule has 0 aliphatic carbocycles. The Hall–Kier alpha value is -1.92. The van der Waals surface area contributed by atoms with Crippen LogP contribution in [0, 0.1) is 0 Å². The van der Waals surface area contributed by atoms with Gasteiger partial charge in [0.2, 0.25) is 11.8 Å². The van der Waals surface area contributed by atoms with Crippen LogP contribution < -0.4 is 10.6 Å². The number of aliphatic hydroxyl groups is 1. The number of amides is 2. The summed E-state index contributed by atoms with van der Waals surface area (Å²) in [5.74, 6) is -0.363. The zero-order chi connectivity index (χ0) is 15.7. The summed E-state index contributed by atoms with van der Waals surface area (Å²) < 4.78 is 0. The molecule has 0 spiro atoms. The molecule has 2 aliphatic heterocycles. The number of fused-ring (bicyclic) bond motifs is 1. The monoisotopic (exact) mass is 303 g/mol. The molecule has 22 heavy (non-hydrogen) atoms. The van der Waals surface area contributed by atoms with Crippen LogP contribution in [0.2, 0.25) is 0 Å². The Balaban J connectivity index is 1.63. The lowest BCUT2D eigenvalue weighted by Crippen LogP contribution is -2.64. The van der Waals surface area contributed by atoms with Crippen molar-refractivity contribution < 1.29 is 14.7 Å². The lowest BCUT2D eigenvalue weighted by Gasteiger charge is -2.35. The molecule has 2 fully saturated rings. The van der Waals surface area contributed by atoms with Gasteiger partial charge in [-0.05, 0) is 18.9 Å². The number of aliphatic hydroxyl groups excluding tert-OH is 1. The molecular weight excluding hydrogens is 282 g/mol. The highest BCUT2D eigenvalue weighted by atomic mass is 16.3. The van der Waals surface area contributed by atoms with Gasteiger partial charge >= 0.3 is 0 Å². The van der Waals surface area contributed by atoms with Crippen molar-refractivity contribution in [2.45, 2.75) is 44.1 Å². The smallest absolute Gasteiger partial charge is 0.248 e. The molecule has 2 heterocycles. The molecule has 2 saturated heterocycles. The number of hydrogen-bond acceptors (Lipinski definition) is 4. The summed E-state index contributed by atoms with van der Waals surface area (Å²) in [6.07, 6.45) is -0.273. The summed E-state index contributed by atoms with van der Waals surface area (Å²) in [5.41, 5.74) is 1.17. The Morgan fingerprint density at radius 3 is 2.77 bits per heavy atom. The van der Waals surface area contributed by atoms with Crippen molar-refractivity contribution in [3.05, 3.63) is 35.9 Å². The van der Waals surface area contributed by atoms with Gasteiger partial charge in [-0.15, -0.1) is 0 Å². The Morgan fingerprint density at radius 1 is 1.36 bits per heavy atom. The maximum Gasteiger partial charge on any atom is 0.248 e. The molecule has 2 aliphatic rings. The van der Waals surface area contributed by atoms with Crippen molar-refractivity contribution in [3.63, 3.8) is 0 Å². The quantitative estimate of drug-likeness (QED) is 0.708. The standard InChI is InChI=1S/C16H21N3O3/c1-10(20)14-16(22)19-9-12(7-13(19)15(21)18-14)17-8-11-5-3-2-4-6-11/h2-6,10,12-14,17,20H,7-9H2,1H3,(H,18,21)/t10-,12+,13+,14+/m1/s1. The lowest BCUT2D eigenvalue weighted by molar-refractivity contribution is -0.149. The van der Waals surface area contributed by atoms with E-state index in [4.69, 9.17) is 0 Å². The van der Waals surface area contributed by atoms with Gasteiger partial charge in [-0.3, -0.25) is 9.59 Å². The normalized spacial score (nSPS) is 29.2. The molecule has 2 amide bonds. The van der Waals surface area contributed by atoms with Crippen LogP contribution in [-0.4, -0.2) is 52.6 Å². The molecule has 0 unspecified atom stereocenters. The molecule has 0 radical (unpaired) electrons. The first-order valence-electron chi connectivity index (χ1n) is 7.62. The van der Waals surface area contributed by atoms with Crippen LogP contribution in [0.1, 0.15) is 18.9 Å². The Morgan fingerprint density at radius 2 is 2.09 bits per heavy atom. The number of nitrogens with one attached hydrogen (secondary N) is 2. The van der Waals surface area contributed by atoms with Crippen LogP contribution in [0.5, 0.6) is 0 Å². The Kier molecular flexibility index (Phi) is 4.13. The zero-order valence-electron chi connectivity index (χ0n) is 12.5. The van der Waals surface area contributed by atoms with Crippen molar-refractivity contribution in [1.82, 2.24) is 15.5 Å². The van der Waals surface area contributed by atoms with E-state index in [9.17, 15) is 14.7 Å². The molecule has 3 rings (SSSR count). The van der Waals surface area contributed by atoms with Gasteiger partial charge < -0.3 is 20.6 Å². The van der Waals surface area contributed by atoms with E-state index in [0.717, 1.165) is 0 Å². The summed E-state index contributed by atoms with van der Waals surface area (Å²) in [4.78, 5) is 26.0. The Labute approximate surface area is 129 Å². The number of benzene rings is 1. The summed E-state index contributed by atoms with van der Waals surface area (Å²) in [6.45, 7) is 2.74. The van der Waals surface area contributed by atoms with Crippen LogP contribution >= 0.6 is 0 Å². The van der Waals surface area contributed by atoms with Gasteiger partial charge in [-0.2, -0.15) is 0 Å². The van der Waals surface area contributed by atoms with E-state index in [1.165, 1.54) is 12.5 Å². The molecule has 4 atom stereocenters. The van der Waals surface area contributed by atoms with Gasteiger partial charge in [-0.1, -0.05) is 30.3 Å². The third kappa shape index (κ3) is 2.84. The number of nitrogens with zero attached hydrogens (tertiary/aromatic N) is 1. The first kappa shape index (κ1) is 15.0. The fraction of sp³-hybridized carbons (Fsp3) is 0.500. The van der Waals surface area contributed by atoms with Gasteiger partial charge in [-0.25, -0.2) is 0 Å². The molecule has 3 N–H and O–H groups in total. The third-order valence-electron chi connectivity index (χ3n) is 4.37. The summed E-state index contributed by atoms with van der Waals surface area (Å²) >= 11 is 0. The number of hydrogen-bond donors (Lipinski definition) is 3. The lowest BCUT2D eigenvalue weighted by atomic mass is 10.0. The minimum Gasteiger partial charge on any atom is -0.391 e. The summed E-state index contributed by atoms with van der Waals surface area (Å²) in [5, 5.41) is 15.7. The van der Waals surface area contributed by atoms with Crippen LogP contribution in [0.3, 0.4) is 0 Å². The summed E-state index contributed by atoms with van der Waals surface area (Å²) in [6, 6.07) is 8.87. The summed E-state index contributed by atoms with van der Waals surface area (Å²) in [7, 11) is 0. The molecule has 0 saturated carbocycles. The molecule has 0 bridgehead atoms. The largest absolute Gasteiger partial charge is 0.391 e. The molecule has 1 aromatic rings. The molecule has 1 aromatic carbocycles. The van der Waals surface area contributed by atoms with E-state index in [0.29, 0.717) is 19.5 Å². The van der Waals surface area contributed by atoms with Crippen molar-refractivity contribution in [3.8, 4) is 0 Å². The van der Waals surface area contributed by atoms with Crippen molar-refractivity contribution in [2.75, 3.05) is 6.54 Å². The molecule has 6 heteroatoms. The maximum atomic E-state index is 12.3. The number of piperazine rings is 1. The molecule has 0 aromatic heterocycles. The second-order valence-corrected chi connectivity index (χ2v) is 6.03. The topological polar surface area (TPSA) is 81.7 Å². The highest BCUT2D eigenvalue weighted by Crippen LogP contribution is 2.23. The van der Waals surface area contributed by atoms with Gasteiger partial charge in [0.1, 0.15) is 12.1 Å². The van der Waals surface area contributed by atoms with Crippen LogP contribution in [0.4, 0.5) is 0 Å². The predicted molar refractivity (Wildman–Crippen MR) is 80.8 cm³/mol. The fourth-order valence-electron chi connectivity index (χ4n) is 3.15. The predicted octanol–water partition coefficient (Wildman–Crippen LogP) is -0.375. The van der Waals surface area contributed by atoms with E-state index in [-0.39, 0.29) is 17.9 Å². The number of rotatable bonds is 4. The maximum absolute atomic E-state index is 12.3. The SMILES string of the molecule is C[C@@H](O)[C@@H]1NC(=O)[C@@H]2C[C@H](NCc3ccccc3)CN2C1=O. The third-order valence-corrected chi connectivity index (χ3v) is 4.37. The molecule has 118 valence electrons. The highest BCUT2D eigenvalue weighted by Gasteiger charge is 2.47. The zero-order valence-corrected chi connectivity index (χ0v) is 12.5. The van der Waals surface area contributed by atoms with E-state index in [1.807, 2.05) is 30.3 Å². The number of carbonyl (C=O) groups is 2.